The van der Waals surface area contributed by atoms with Crippen molar-refractivity contribution in [1.82, 2.24) is 20.4 Å². The average molecular weight is 178 g/mol. The monoisotopic (exact) mass is 178 g/mol. The summed E-state index contributed by atoms with van der Waals surface area (Å²) in [6.45, 7) is 6.38. The molecular weight excluding hydrogens is 163 g/mol. The summed E-state index contributed by atoms with van der Waals surface area (Å²) in [4.78, 5) is 0. The summed E-state index contributed by atoms with van der Waals surface area (Å²) in [6, 6.07) is 0. The summed E-state index contributed by atoms with van der Waals surface area (Å²) >= 11 is 0. The normalized spacial score (nSPS) is 11.6. The van der Waals surface area contributed by atoms with Gasteiger partial charge in [0, 0.05) is 5.41 Å². The molecule has 0 saturated carbocycles. The van der Waals surface area contributed by atoms with Crippen LogP contribution >= 0.6 is 0 Å². The van der Waals surface area contributed by atoms with E-state index in [0.717, 1.165) is 18.7 Å². The predicted molar refractivity (Wildman–Crippen MR) is 53.7 cm³/mol. The van der Waals surface area contributed by atoms with E-state index in [2.05, 4.69) is 41.2 Å². The first-order valence-electron chi connectivity index (χ1n) is 4.61. The smallest absolute Gasteiger partial charge is 0.143 e. The Morgan fingerprint density at radius 1 is 1.15 bits per heavy atom. The van der Waals surface area contributed by atoms with E-state index >= 15 is 0 Å². The van der Waals surface area contributed by atoms with Crippen LogP contribution in [0.1, 0.15) is 39.4 Å². The van der Waals surface area contributed by atoms with E-state index in [9.17, 15) is 0 Å². The Morgan fingerprint density at radius 3 is 2.15 bits per heavy atom. The van der Waals surface area contributed by atoms with Crippen LogP contribution in [0.5, 0.6) is 0 Å². The maximum absolute atomic E-state index is 4.04. The zero-order chi connectivity index (χ0) is 9.90. The van der Waals surface area contributed by atoms with Crippen molar-refractivity contribution in [2.75, 3.05) is 0 Å². The molecule has 0 N–H and O–H groups in total. The van der Waals surface area contributed by atoms with E-state index in [1.54, 1.807) is 7.85 Å². The maximum Gasteiger partial charge on any atom is 0.194 e. The van der Waals surface area contributed by atoms with Gasteiger partial charge in [-0.25, -0.2) is 0 Å². The van der Waals surface area contributed by atoms with Gasteiger partial charge < -0.3 is 0 Å². The second kappa shape index (κ2) is 3.81. The Morgan fingerprint density at radius 2 is 1.69 bits per heavy atom. The van der Waals surface area contributed by atoms with Gasteiger partial charge in [-0.2, -0.15) is 0 Å². The number of hydrogen-bond acceptors (Lipinski definition) is 4. The first-order valence-corrected chi connectivity index (χ1v) is 4.61. The Labute approximate surface area is 79.6 Å². The van der Waals surface area contributed by atoms with Gasteiger partial charge in [0.15, 0.2) is 13.7 Å². The number of nitrogens with zero attached hydrogens (tertiary/aromatic N) is 4. The van der Waals surface area contributed by atoms with Crippen LogP contribution < -0.4 is 5.72 Å². The minimum Gasteiger partial charge on any atom is -0.143 e. The Balaban J connectivity index is 2.87. The van der Waals surface area contributed by atoms with Gasteiger partial charge in [-0.05, 0) is 6.42 Å². The molecule has 0 unspecified atom stereocenters. The van der Waals surface area contributed by atoms with E-state index in [1.165, 1.54) is 0 Å². The SMILES string of the molecule is Bc1nnc(C(C)(C)CCC)nn1. The molecule has 1 heterocycles. The van der Waals surface area contributed by atoms with Crippen molar-refractivity contribution in [1.29, 1.82) is 0 Å². The van der Waals surface area contributed by atoms with Crippen LogP contribution in [0.3, 0.4) is 0 Å². The third-order valence-electron chi connectivity index (χ3n) is 2.06. The van der Waals surface area contributed by atoms with Gasteiger partial charge in [0.2, 0.25) is 0 Å². The lowest BCUT2D eigenvalue weighted by atomic mass is 9.87. The quantitative estimate of drug-likeness (QED) is 0.591. The molecule has 0 radical (unpaired) electrons. The lowest BCUT2D eigenvalue weighted by Gasteiger charge is -2.20. The number of rotatable bonds is 3. The van der Waals surface area contributed by atoms with E-state index < -0.39 is 0 Å². The minimum atomic E-state index is -0.0115. The van der Waals surface area contributed by atoms with E-state index in [-0.39, 0.29) is 5.41 Å². The van der Waals surface area contributed by atoms with Crippen molar-refractivity contribution in [3.63, 3.8) is 0 Å². The standard InChI is InChI=1S/C8H15BN4/c1-4-5-8(2,3)6-10-12-7(9)13-11-6/h4-5,9H2,1-3H3. The summed E-state index contributed by atoms with van der Waals surface area (Å²) in [5.74, 6) is 0.736. The minimum absolute atomic E-state index is 0.0115. The first-order chi connectivity index (χ1) is 6.06. The highest BCUT2D eigenvalue weighted by Gasteiger charge is 2.23. The molecule has 0 fully saturated rings. The van der Waals surface area contributed by atoms with Crippen LogP contribution in [0.2, 0.25) is 0 Å². The average Bonchev–Trinajstić information content (AvgIpc) is 2.05. The Bertz CT molecular complexity index is 270. The van der Waals surface area contributed by atoms with Crippen LogP contribution in [0.15, 0.2) is 0 Å². The number of aromatic nitrogens is 4. The fourth-order valence-electron chi connectivity index (χ4n) is 1.29. The lowest BCUT2D eigenvalue weighted by molar-refractivity contribution is 0.431. The molecule has 1 rings (SSSR count). The molecule has 0 aromatic carbocycles. The topological polar surface area (TPSA) is 51.6 Å². The van der Waals surface area contributed by atoms with Gasteiger partial charge in [0.25, 0.3) is 0 Å². The van der Waals surface area contributed by atoms with E-state index in [4.69, 9.17) is 0 Å². The molecule has 13 heavy (non-hydrogen) atoms. The van der Waals surface area contributed by atoms with Crippen LogP contribution in [-0.2, 0) is 5.41 Å². The summed E-state index contributed by atoms with van der Waals surface area (Å²) in [5, 5.41) is 15.9. The molecule has 4 nitrogen and oxygen atoms in total. The highest BCUT2D eigenvalue weighted by Crippen LogP contribution is 2.23. The molecule has 0 aliphatic carbocycles. The van der Waals surface area contributed by atoms with Crippen molar-refractivity contribution in [3.05, 3.63) is 5.82 Å². The highest BCUT2D eigenvalue weighted by atomic mass is 15.3. The Kier molecular flexibility index (Phi) is 2.96. The summed E-state index contributed by atoms with van der Waals surface area (Å²) in [6.07, 6.45) is 2.17. The molecule has 0 aliphatic heterocycles. The molecule has 1 aromatic heterocycles. The zero-order valence-electron chi connectivity index (χ0n) is 8.70. The van der Waals surface area contributed by atoms with Crippen molar-refractivity contribution in [3.8, 4) is 0 Å². The lowest BCUT2D eigenvalue weighted by Crippen LogP contribution is -2.26. The third kappa shape index (κ3) is 2.47. The second-order valence-corrected chi connectivity index (χ2v) is 3.90. The van der Waals surface area contributed by atoms with E-state index in [0.29, 0.717) is 5.72 Å². The molecule has 0 bridgehead atoms. The third-order valence-corrected chi connectivity index (χ3v) is 2.06. The fraction of sp³-hybridized carbons (Fsp3) is 0.750. The summed E-state index contributed by atoms with van der Waals surface area (Å²) < 4.78 is 0. The summed E-state index contributed by atoms with van der Waals surface area (Å²) in [7, 11) is 1.79. The van der Waals surface area contributed by atoms with Crippen molar-refractivity contribution in [2.45, 2.75) is 39.0 Å². The van der Waals surface area contributed by atoms with Crippen LogP contribution in [0.4, 0.5) is 0 Å². The Hall–Kier alpha value is -0.995. The van der Waals surface area contributed by atoms with Gasteiger partial charge in [0.1, 0.15) is 5.72 Å². The van der Waals surface area contributed by atoms with Crippen molar-refractivity contribution in [2.24, 2.45) is 0 Å². The maximum atomic E-state index is 4.04. The van der Waals surface area contributed by atoms with Gasteiger partial charge in [-0.15, -0.1) is 20.4 Å². The molecule has 1 aromatic rings. The fourth-order valence-corrected chi connectivity index (χ4v) is 1.29. The molecule has 0 amide bonds. The van der Waals surface area contributed by atoms with E-state index in [1.807, 2.05) is 0 Å². The van der Waals surface area contributed by atoms with Crippen LogP contribution in [0, 0.1) is 0 Å². The largest absolute Gasteiger partial charge is 0.194 e. The second-order valence-electron chi connectivity index (χ2n) is 3.90. The van der Waals surface area contributed by atoms with Crippen LogP contribution in [-0.4, -0.2) is 28.2 Å². The molecule has 70 valence electrons. The van der Waals surface area contributed by atoms with Crippen molar-refractivity contribution < 1.29 is 0 Å². The van der Waals surface area contributed by atoms with Gasteiger partial charge in [0.05, 0.1) is 0 Å². The molecule has 0 atom stereocenters. The summed E-state index contributed by atoms with van der Waals surface area (Å²) in [5.41, 5.74) is 0.610. The number of hydrogen-bond donors (Lipinski definition) is 0. The zero-order valence-corrected chi connectivity index (χ0v) is 8.70. The molecular formula is C8H15BN4. The predicted octanol–water partition coefficient (Wildman–Crippen LogP) is -0.397. The first kappa shape index (κ1) is 10.1. The van der Waals surface area contributed by atoms with Gasteiger partial charge in [-0.3, -0.25) is 0 Å². The molecule has 5 heteroatoms. The molecule has 0 saturated heterocycles. The van der Waals surface area contributed by atoms with Crippen LogP contribution in [0.25, 0.3) is 0 Å². The van der Waals surface area contributed by atoms with Gasteiger partial charge >= 0.3 is 0 Å². The highest BCUT2D eigenvalue weighted by molar-refractivity contribution is 6.28. The van der Waals surface area contributed by atoms with Gasteiger partial charge in [-0.1, -0.05) is 27.2 Å². The van der Waals surface area contributed by atoms with Crippen molar-refractivity contribution >= 4 is 13.6 Å². The molecule has 0 aliphatic rings. The molecule has 0 spiro atoms.